The third-order valence-corrected chi connectivity index (χ3v) is 3.54. The van der Waals surface area contributed by atoms with Crippen molar-refractivity contribution in [2.45, 2.75) is 19.3 Å². The van der Waals surface area contributed by atoms with Crippen LogP contribution in [-0.2, 0) is 6.42 Å². The van der Waals surface area contributed by atoms with Crippen molar-refractivity contribution in [1.82, 2.24) is 9.80 Å². The van der Waals surface area contributed by atoms with E-state index in [1.165, 1.54) is 5.56 Å². The van der Waals surface area contributed by atoms with Gasteiger partial charge in [0.05, 0.1) is 0 Å². The Bertz CT molecular complexity index is 394. The highest BCUT2D eigenvalue weighted by atomic mass is 16.2. The van der Waals surface area contributed by atoms with Crippen molar-refractivity contribution in [3.05, 3.63) is 35.9 Å². The minimum Gasteiger partial charge on any atom is -0.330 e. The fraction of sp³-hybridized carbons (Fsp3) is 0.533. The lowest BCUT2D eigenvalue weighted by Crippen LogP contribution is -2.50. The first kappa shape index (κ1) is 13.9. The van der Waals surface area contributed by atoms with E-state index in [4.69, 9.17) is 5.73 Å². The van der Waals surface area contributed by atoms with Crippen molar-refractivity contribution in [3.63, 3.8) is 0 Å². The molecule has 1 heterocycles. The van der Waals surface area contributed by atoms with Crippen molar-refractivity contribution in [3.8, 4) is 0 Å². The van der Waals surface area contributed by atoms with Gasteiger partial charge < -0.3 is 15.5 Å². The minimum atomic E-state index is 0.177. The van der Waals surface area contributed by atoms with E-state index in [2.05, 4.69) is 12.1 Å². The summed E-state index contributed by atoms with van der Waals surface area (Å²) in [7, 11) is 0. The van der Waals surface area contributed by atoms with E-state index in [9.17, 15) is 4.79 Å². The summed E-state index contributed by atoms with van der Waals surface area (Å²) in [4.78, 5) is 16.2. The molecule has 1 fully saturated rings. The molecule has 1 aliphatic rings. The molecule has 1 aliphatic heterocycles. The molecule has 4 nitrogen and oxygen atoms in total. The van der Waals surface area contributed by atoms with Crippen LogP contribution < -0.4 is 5.73 Å². The summed E-state index contributed by atoms with van der Waals surface area (Å²) in [6.07, 6.45) is 2.88. The lowest BCUT2D eigenvalue weighted by Gasteiger charge is -2.35. The van der Waals surface area contributed by atoms with E-state index in [-0.39, 0.29) is 6.03 Å². The lowest BCUT2D eigenvalue weighted by molar-refractivity contribution is 0.130. The monoisotopic (exact) mass is 261 g/mol. The van der Waals surface area contributed by atoms with Crippen molar-refractivity contribution < 1.29 is 4.79 Å². The number of urea groups is 1. The molecule has 2 N–H and O–H groups in total. The number of nitrogens with two attached hydrogens (primary N) is 1. The number of hydrogen-bond acceptors (Lipinski definition) is 2. The van der Waals surface area contributed by atoms with E-state index >= 15 is 0 Å². The summed E-state index contributed by atoms with van der Waals surface area (Å²) >= 11 is 0. The van der Waals surface area contributed by atoms with Gasteiger partial charge in [0, 0.05) is 26.2 Å². The molecule has 4 heteroatoms. The van der Waals surface area contributed by atoms with Crippen LogP contribution in [0.15, 0.2) is 30.3 Å². The van der Waals surface area contributed by atoms with Gasteiger partial charge in [-0.2, -0.15) is 0 Å². The first-order chi connectivity index (χ1) is 9.31. The summed E-state index contributed by atoms with van der Waals surface area (Å²) < 4.78 is 0. The van der Waals surface area contributed by atoms with E-state index in [0.717, 1.165) is 45.4 Å². The van der Waals surface area contributed by atoms with Gasteiger partial charge in [0.15, 0.2) is 0 Å². The third kappa shape index (κ3) is 3.96. The van der Waals surface area contributed by atoms with Crippen LogP contribution in [0.3, 0.4) is 0 Å². The van der Waals surface area contributed by atoms with Gasteiger partial charge in [-0.15, -0.1) is 0 Å². The van der Waals surface area contributed by atoms with Crippen molar-refractivity contribution in [1.29, 1.82) is 0 Å². The highest BCUT2D eigenvalue weighted by molar-refractivity contribution is 5.75. The summed E-state index contributed by atoms with van der Waals surface area (Å²) in [6, 6.07) is 10.5. The molecule has 0 radical (unpaired) electrons. The first-order valence-electron chi connectivity index (χ1n) is 7.09. The number of carbonyl (C=O) groups excluding carboxylic acids is 1. The molecule has 0 atom stereocenters. The number of carbonyl (C=O) groups is 1. The van der Waals surface area contributed by atoms with Gasteiger partial charge in [0.1, 0.15) is 0 Å². The molecule has 0 aliphatic carbocycles. The molecular formula is C15H23N3O. The lowest BCUT2D eigenvalue weighted by atomic mass is 10.1. The zero-order valence-corrected chi connectivity index (χ0v) is 11.4. The number of rotatable bonds is 6. The van der Waals surface area contributed by atoms with Gasteiger partial charge in [0.25, 0.3) is 0 Å². The van der Waals surface area contributed by atoms with Crippen LogP contribution in [0.1, 0.15) is 18.4 Å². The molecule has 0 aromatic heterocycles. The van der Waals surface area contributed by atoms with Crippen molar-refractivity contribution in [2.24, 2.45) is 5.73 Å². The summed E-state index contributed by atoms with van der Waals surface area (Å²) in [6.45, 7) is 4.00. The van der Waals surface area contributed by atoms with Crippen molar-refractivity contribution >= 4 is 6.03 Å². The number of amides is 2. The smallest absolute Gasteiger partial charge is 0.320 e. The van der Waals surface area contributed by atoms with Gasteiger partial charge in [-0.25, -0.2) is 4.79 Å². The molecule has 1 aromatic rings. The molecule has 0 spiro atoms. The van der Waals surface area contributed by atoms with Crippen LogP contribution in [0.5, 0.6) is 0 Å². The largest absolute Gasteiger partial charge is 0.330 e. The van der Waals surface area contributed by atoms with E-state index in [1.807, 2.05) is 28.0 Å². The Morgan fingerprint density at radius 3 is 2.42 bits per heavy atom. The quantitative estimate of drug-likeness (QED) is 0.847. The highest BCUT2D eigenvalue weighted by Gasteiger charge is 2.24. The summed E-state index contributed by atoms with van der Waals surface area (Å²) in [5, 5.41) is 0. The van der Waals surface area contributed by atoms with Gasteiger partial charge in [-0.05, 0) is 31.4 Å². The summed E-state index contributed by atoms with van der Waals surface area (Å²) in [5.41, 5.74) is 6.80. The van der Waals surface area contributed by atoms with Gasteiger partial charge >= 0.3 is 6.03 Å². The van der Waals surface area contributed by atoms with Crippen LogP contribution in [0.25, 0.3) is 0 Å². The predicted molar refractivity (Wildman–Crippen MR) is 77.0 cm³/mol. The molecule has 19 heavy (non-hydrogen) atoms. The molecule has 0 saturated carbocycles. The molecule has 0 bridgehead atoms. The van der Waals surface area contributed by atoms with Crippen LogP contribution in [0.2, 0.25) is 0 Å². The molecule has 0 unspecified atom stereocenters. The number of hydrogen-bond donors (Lipinski definition) is 1. The zero-order chi connectivity index (χ0) is 13.5. The maximum Gasteiger partial charge on any atom is 0.320 e. The average molecular weight is 261 g/mol. The second-order valence-corrected chi connectivity index (χ2v) is 4.99. The Balaban J connectivity index is 1.84. The average Bonchev–Trinajstić information content (AvgIpc) is 2.46. The first-order valence-corrected chi connectivity index (χ1v) is 7.09. The topological polar surface area (TPSA) is 49.6 Å². The SMILES string of the molecule is NCCCN1CCCN(CCc2ccccc2)C1=O. The van der Waals surface area contributed by atoms with Gasteiger partial charge in [0.2, 0.25) is 0 Å². The normalized spacial score (nSPS) is 15.9. The zero-order valence-electron chi connectivity index (χ0n) is 11.4. The van der Waals surface area contributed by atoms with E-state index < -0.39 is 0 Å². The maximum absolute atomic E-state index is 12.3. The molecular weight excluding hydrogens is 238 g/mol. The minimum absolute atomic E-state index is 0.177. The molecule has 2 amide bonds. The Morgan fingerprint density at radius 1 is 1.05 bits per heavy atom. The second-order valence-electron chi connectivity index (χ2n) is 4.99. The van der Waals surface area contributed by atoms with Gasteiger partial charge in [-0.1, -0.05) is 30.3 Å². The Hall–Kier alpha value is -1.55. The fourth-order valence-corrected chi connectivity index (χ4v) is 2.45. The molecule has 2 rings (SSSR count). The van der Waals surface area contributed by atoms with E-state index in [1.54, 1.807) is 0 Å². The van der Waals surface area contributed by atoms with Crippen LogP contribution in [0.4, 0.5) is 4.79 Å². The third-order valence-electron chi connectivity index (χ3n) is 3.54. The summed E-state index contributed by atoms with van der Waals surface area (Å²) in [5.74, 6) is 0. The van der Waals surface area contributed by atoms with Gasteiger partial charge in [-0.3, -0.25) is 0 Å². The van der Waals surface area contributed by atoms with Crippen LogP contribution >= 0.6 is 0 Å². The van der Waals surface area contributed by atoms with Crippen LogP contribution in [-0.4, -0.2) is 48.6 Å². The molecule has 104 valence electrons. The number of benzene rings is 1. The highest BCUT2D eigenvalue weighted by Crippen LogP contribution is 2.11. The predicted octanol–water partition coefficient (Wildman–Crippen LogP) is 1.71. The van der Waals surface area contributed by atoms with E-state index in [0.29, 0.717) is 6.54 Å². The van der Waals surface area contributed by atoms with Crippen molar-refractivity contribution in [2.75, 3.05) is 32.7 Å². The second kappa shape index (κ2) is 7.14. The standard InChI is InChI=1S/C15H23N3O/c16-9-4-10-17-11-5-12-18(15(17)19)13-8-14-6-2-1-3-7-14/h1-3,6-7H,4-5,8-13,16H2. The Labute approximate surface area is 115 Å². The van der Waals surface area contributed by atoms with Crippen LogP contribution in [0, 0.1) is 0 Å². The molecule has 1 saturated heterocycles. The Kier molecular flexibility index (Phi) is 5.21. The molecule has 1 aromatic carbocycles. The Morgan fingerprint density at radius 2 is 1.74 bits per heavy atom. The maximum atomic E-state index is 12.3. The fourth-order valence-electron chi connectivity index (χ4n) is 2.45. The number of nitrogens with zero attached hydrogens (tertiary/aromatic N) is 2.